The van der Waals surface area contributed by atoms with Crippen LogP contribution in [0.1, 0.15) is 84.1 Å². The molecule has 1 aliphatic heterocycles. The highest BCUT2D eigenvalue weighted by Gasteiger charge is 2.52. The van der Waals surface area contributed by atoms with Crippen LogP contribution in [0.2, 0.25) is 10.0 Å². The van der Waals surface area contributed by atoms with E-state index in [1.165, 1.54) is 0 Å². The Bertz CT molecular complexity index is 1220. The first-order chi connectivity index (χ1) is 19.0. The predicted octanol–water partition coefficient (Wildman–Crippen LogP) is 6.57. The Balaban J connectivity index is 1.67. The van der Waals surface area contributed by atoms with Crippen LogP contribution in [0.15, 0.2) is 46.5 Å². The van der Waals surface area contributed by atoms with Crippen LogP contribution in [-0.2, 0) is 14.4 Å². The van der Waals surface area contributed by atoms with Crippen LogP contribution in [0.4, 0.5) is 0 Å². The largest absolute Gasteiger partial charge is 0.481 e. The van der Waals surface area contributed by atoms with Gasteiger partial charge in [-0.15, -0.1) is 0 Å². The summed E-state index contributed by atoms with van der Waals surface area (Å²) in [5.74, 6) is -0.104. The van der Waals surface area contributed by atoms with Crippen molar-refractivity contribution in [3.05, 3.63) is 57.1 Å². The van der Waals surface area contributed by atoms with Gasteiger partial charge < -0.3 is 15.3 Å². The van der Waals surface area contributed by atoms with Gasteiger partial charge in [0.1, 0.15) is 11.4 Å². The Morgan fingerprint density at radius 3 is 2.35 bits per heavy atom. The lowest BCUT2D eigenvalue weighted by Crippen LogP contribution is -2.55. The second-order valence-electron chi connectivity index (χ2n) is 11.5. The summed E-state index contributed by atoms with van der Waals surface area (Å²) in [7, 11) is 0. The van der Waals surface area contributed by atoms with E-state index in [0.29, 0.717) is 51.6 Å². The summed E-state index contributed by atoms with van der Waals surface area (Å²) in [4.78, 5) is 44.9. The number of hydrogen-bond donors (Lipinski definition) is 2. The van der Waals surface area contributed by atoms with Gasteiger partial charge in [-0.1, -0.05) is 62.5 Å². The quantitative estimate of drug-likeness (QED) is 0.323. The van der Waals surface area contributed by atoms with Gasteiger partial charge in [0.15, 0.2) is 0 Å². The number of carbonyl (C=O) groups is 3. The third-order valence-corrected chi connectivity index (χ3v) is 8.94. The molecule has 9 heteroatoms. The van der Waals surface area contributed by atoms with Gasteiger partial charge >= 0.3 is 5.97 Å². The smallest absolute Gasteiger partial charge is 0.305 e. The van der Waals surface area contributed by atoms with Crippen LogP contribution in [0, 0.1) is 11.8 Å². The van der Waals surface area contributed by atoms with Crippen molar-refractivity contribution in [1.82, 2.24) is 10.2 Å². The van der Waals surface area contributed by atoms with Crippen LogP contribution in [-0.4, -0.2) is 51.8 Å². The Labute approximate surface area is 246 Å². The number of carboxylic acids is 1. The van der Waals surface area contributed by atoms with Gasteiger partial charge in [-0.3, -0.25) is 19.4 Å². The second-order valence-corrected chi connectivity index (χ2v) is 12.4. The van der Waals surface area contributed by atoms with Crippen molar-refractivity contribution < 1.29 is 19.5 Å². The highest BCUT2D eigenvalue weighted by Crippen LogP contribution is 2.46. The van der Waals surface area contributed by atoms with Crippen molar-refractivity contribution in [3.63, 3.8) is 0 Å². The van der Waals surface area contributed by atoms with Gasteiger partial charge in [-0.2, -0.15) is 0 Å². The Morgan fingerprint density at radius 1 is 1.12 bits per heavy atom. The molecule has 0 radical (unpaired) electrons. The number of aliphatic carboxylic acids is 1. The maximum absolute atomic E-state index is 14.3. The average Bonchev–Trinajstić information content (AvgIpc) is 3.18. The molecule has 1 unspecified atom stereocenters. The van der Waals surface area contributed by atoms with E-state index in [2.05, 4.69) is 26.1 Å². The summed E-state index contributed by atoms with van der Waals surface area (Å²) in [6.07, 6.45) is 10.2. The lowest BCUT2D eigenvalue weighted by molar-refractivity contribution is -0.137. The molecule has 0 aromatic heterocycles. The Kier molecular flexibility index (Phi) is 9.78. The number of benzene rings is 1. The summed E-state index contributed by atoms with van der Waals surface area (Å²) in [6.45, 7) is 6.74. The number of hydrogen-bond acceptors (Lipinski definition) is 4. The molecule has 1 heterocycles. The summed E-state index contributed by atoms with van der Waals surface area (Å²) in [5.41, 5.74) is 2.17. The third kappa shape index (κ3) is 6.63. The molecule has 1 aromatic rings. The molecule has 3 aliphatic rings. The van der Waals surface area contributed by atoms with Gasteiger partial charge in [-0.05, 0) is 80.6 Å². The minimum atomic E-state index is -0.948. The van der Waals surface area contributed by atoms with Gasteiger partial charge in [-0.25, -0.2) is 0 Å². The first kappa shape index (κ1) is 30.3. The first-order valence-electron chi connectivity index (χ1n) is 14.3. The number of amides is 2. The van der Waals surface area contributed by atoms with Crippen LogP contribution < -0.4 is 5.32 Å². The average molecular weight is 589 g/mol. The number of allylic oxidation sites excluding steroid dienone is 2. The van der Waals surface area contributed by atoms with Crippen LogP contribution in [0.5, 0.6) is 0 Å². The van der Waals surface area contributed by atoms with E-state index in [4.69, 9.17) is 33.3 Å². The highest BCUT2D eigenvalue weighted by atomic mass is 35.5. The molecule has 0 bridgehead atoms. The standard InChI is InChI=1S/C31H39Cl2N3O4/c1-4-5-26(21-6-8-22(9-7-21)29(39)34-15-12-27(37)38)36-30(40)28(23-16-24(32)18-25(33)17-23)35-31(36)13-10-20(11-14-31)19(2)3/h6,8,16-20,26H,4-5,7,9-15H2,1-3H3,(H,34,39)(H,37,38). The van der Waals surface area contributed by atoms with Crippen molar-refractivity contribution in [3.8, 4) is 0 Å². The zero-order valence-electron chi connectivity index (χ0n) is 23.5. The molecule has 2 amide bonds. The van der Waals surface area contributed by atoms with Crippen LogP contribution in [0.25, 0.3) is 0 Å². The fourth-order valence-corrected chi connectivity index (χ4v) is 6.84. The molecule has 4 rings (SSSR count). The summed E-state index contributed by atoms with van der Waals surface area (Å²) >= 11 is 12.6. The van der Waals surface area contributed by atoms with E-state index >= 15 is 0 Å². The van der Waals surface area contributed by atoms with E-state index in [9.17, 15) is 14.4 Å². The monoisotopic (exact) mass is 587 g/mol. The zero-order valence-corrected chi connectivity index (χ0v) is 25.0. The number of aliphatic imine (C=N–C) groups is 1. The highest BCUT2D eigenvalue weighted by molar-refractivity contribution is 6.48. The number of halogens is 2. The van der Waals surface area contributed by atoms with E-state index in [1.807, 2.05) is 17.1 Å². The molecule has 1 saturated carbocycles. The number of nitrogens with one attached hydrogen (secondary N) is 1. The molecule has 40 heavy (non-hydrogen) atoms. The van der Waals surface area contributed by atoms with Crippen molar-refractivity contribution >= 4 is 46.7 Å². The lowest BCUT2D eigenvalue weighted by atomic mass is 9.75. The van der Waals surface area contributed by atoms with Crippen molar-refractivity contribution in [2.45, 2.75) is 90.3 Å². The van der Waals surface area contributed by atoms with Crippen molar-refractivity contribution in [2.24, 2.45) is 16.8 Å². The van der Waals surface area contributed by atoms with E-state index in [1.54, 1.807) is 18.2 Å². The van der Waals surface area contributed by atoms with Crippen LogP contribution in [0.3, 0.4) is 0 Å². The molecular weight excluding hydrogens is 549 g/mol. The van der Waals surface area contributed by atoms with Gasteiger partial charge in [0.2, 0.25) is 5.91 Å². The number of rotatable bonds is 10. The number of nitrogens with zero attached hydrogens (tertiary/aromatic N) is 2. The molecule has 7 nitrogen and oxygen atoms in total. The molecular formula is C31H39Cl2N3O4. The topological polar surface area (TPSA) is 99.1 Å². The molecule has 1 aromatic carbocycles. The molecule has 2 N–H and O–H groups in total. The Hall–Kier alpha value is -2.64. The van der Waals surface area contributed by atoms with Gasteiger partial charge in [0.05, 0.1) is 12.5 Å². The first-order valence-corrected chi connectivity index (χ1v) is 15.1. The SMILES string of the molecule is CCCC(C1=CC=C(C(=O)NCCC(=O)O)CC1)N1C(=O)C(c2cc(Cl)cc(Cl)c2)=NC12CCC(C(C)C)CC2. The van der Waals surface area contributed by atoms with Crippen molar-refractivity contribution in [1.29, 1.82) is 0 Å². The molecule has 0 saturated heterocycles. The van der Waals surface area contributed by atoms with E-state index in [-0.39, 0.29) is 30.8 Å². The molecule has 1 fully saturated rings. The maximum Gasteiger partial charge on any atom is 0.305 e. The van der Waals surface area contributed by atoms with Crippen LogP contribution >= 0.6 is 23.2 Å². The summed E-state index contributed by atoms with van der Waals surface area (Å²) in [5, 5.41) is 12.5. The second kappa shape index (κ2) is 12.9. The van der Waals surface area contributed by atoms with E-state index < -0.39 is 11.6 Å². The predicted molar refractivity (Wildman–Crippen MR) is 159 cm³/mol. The van der Waals surface area contributed by atoms with E-state index in [0.717, 1.165) is 44.1 Å². The Morgan fingerprint density at radius 2 is 1.80 bits per heavy atom. The molecule has 216 valence electrons. The van der Waals surface area contributed by atoms with Gasteiger partial charge in [0.25, 0.3) is 5.91 Å². The number of carboxylic acid groups (broad SMARTS) is 1. The number of carbonyl (C=O) groups excluding carboxylic acids is 2. The van der Waals surface area contributed by atoms with Gasteiger partial charge in [0, 0.05) is 27.7 Å². The minimum absolute atomic E-state index is 0.0936. The molecule has 2 aliphatic carbocycles. The fraction of sp³-hybridized carbons (Fsp3) is 0.548. The molecule has 1 spiro atoms. The molecule has 1 atom stereocenters. The third-order valence-electron chi connectivity index (χ3n) is 8.50. The minimum Gasteiger partial charge on any atom is -0.481 e. The lowest BCUT2D eigenvalue weighted by Gasteiger charge is -2.46. The van der Waals surface area contributed by atoms with Crippen molar-refractivity contribution in [2.75, 3.05) is 6.54 Å². The zero-order chi connectivity index (χ0) is 29.0. The maximum atomic E-state index is 14.3. The summed E-state index contributed by atoms with van der Waals surface area (Å²) < 4.78 is 0. The summed E-state index contributed by atoms with van der Waals surface area (Å²) in [6, 6.07) is 5.03. The fourth-order valence-electron chi connectivity index (χ4n) is 6.32. The normalized spacial score (nSPS) is 23.6.